The lowest BCUT2D eigenvalue weighted by molar-refractivity contribution is -0.144. The Morgan fingerprint density at radius 1 is 1.11 bits per heavy atom. The zero-order valence-corrected chi connectivity index (χ0v) is 26.2. The van der Waals surface area contributed by atoms with E-state index in [1.165, 1.54) is 31.4 Å². The highest BCUT2D eigenvalue weighted by Gasteiger charge is 2.39. The lowest BCUT2D eigenvalue weighted by atomic mass is 10.0. The van der Waals surface area contributed by atoms with Gasteiger partial charge in [0.05, 0.1) is 0 Å². The molecular formula is C31H36N4O7S2. The van der Waals surface area contributed by atoms with Crippen LogP contribution in [0.15, 0.2) is 60.8 Å². The first-order valence-electron chi connectivity index (χ1n) is 14.2. The van der Waals surface area contributed by atoms with Crippen molar-refractivity contribution in [2.24, 2.45) is 0 Å². The van der Waals surface area contributed by atoms with Crippen LogP contribution in [0.1, 0.15) is 54.6 Å². The van der Waals surface area contributed by atoms with Gasteiger partial charge in [-0.05, 0) is 37.5 Å². The van der Waals surface area contributed by atoms with Gasteiger partial charge in [0.1, 0.15) is 19.2 Å². The molecule has 0 aromatic heterocycles. The van der Waals surface area contributed by atoms with Gasteiger partial charge >= 0.3 is 12.1 Å². The second-order valence-electron chi connectivity index (χ2n) is 10.8. The Hall–Kier alpha value is -3.97. The van der Waals surface area contributed by atoms with E-state index >= 15 is 0 Å². The number of carboxylic acids is 1. The Bertz CT molecular complexity index is 1420. The number of piperidine rings is 1. The van der Waals surface area contributed by atoms with Crippen molar-refractivity contribution in [1.82, 2.24) is 15.1 Å². The molecule has 2 aromatic rings. The van der Waals surface area contributed by atoms with E-state index in [4.69, 9.17) is 4.74 Å². The average Bonchev–Trinajstić information content (AvgIpc) is 3.31. The molecule has 3 N–H and O–H groups in total. The molecule has 2 heterocycles. The molecule has 0 spiro atoms. The van der Waals surface area contributed by atoms with Crippen LogP contribution in [0.25, 0.3) is 0 Å². The number of amides is 4. The number of carbonyl (C=O) groups excluding carboxylic acids is 4. The van der Waals surface area contributed by atoms with Gasteiger partial charge in [-0.2, -0.15) is 0 Å². The largest absolute Gasteiger partial charge is 0.480 e. The normalized spacial score (nSPS) is 17.4. The van der Waals surface area contributed by atoms with E-state index in [1.54, 1.807) is 18.2 Å². The molecule has 1 unspecified atom stereocenters. The molecule has 0 aliphatic carbocycles. The molecule has 11 nitrogen and oxygen atoms in total. The first-order chi connectivity index (χ1) is 21.0. The number of carbonyl (C=O) groups is 5. The molecule has 1 saturated heterocycles. The van der Waals surface area contributed by atoms with E-state index in [2.05, 4.69) is 17.2 Å². The minimum Gasteiger partial charge on any atom is -0.480 e. The van der Waals surface area contributed by atoms with Crippen LogP contribution in [0.3, 0.4) is 0 Å². The Labute approximate surface area is 264 Å². The number of fused-ring (bicyclic) bond motifs is 1. The molecule has 2 aliphatic rings. The van der Waals surface area contributed by atoms with Gasteiger partial charge in [0, 0.05) is 52.5 Å². The van der Waals surface area contributed by atoms with Crippen molar-refractivity contribution in [2.45, 2.75) is 62.7 Å². The van der Waals surface area contributed by atoms with E-state index in [1.807, 2.05) is 44.2 Å². The lowest BCUT2D eigenvalue weighted by Crippen LogP contribution is -2.49. The summed E-state index contributed by atoms with van der Waals surface area (Å²) in [7, 11) is 2.94. The number of aliphatic carboxylic acids is 1. The van der Waals surface area contributed by atoms with Gasteiger partial charge < -0.3 is 25.0 Å². The predicted octanol–water partition coefficient (Wildman–Crippen LogP) is 4.65. The first-order valence-corrected chi connectivity index (χ1v) is 16.5. The number of nitrogens with one attached hydrogen (secondary N) is 2. The minimum absolute atomic E-state index is 0.0964. The van der Waals surface area contributed by atoms with Crippen LogP contribution in [0.4, 0.5) is 10.5 Å². The van der Waals surface area contributed by atoms with E-state index in [0.29, 0.717) is 35.4 Å². The Morgan fingerprint density at radius 3 is 2.55 bits per heavy atom. The first kappa shape index (κ1) is 32.9. The molecular weight excluding hydrogens is 604 g/mol. The molecule has 0 radical (unpaired) electrons. The van der Waals surface area contributed by atoms with Crippen LogP contribution < -0.4 is 10.6 Å². The minimum atomic E-state index is -1.07. The van der Waals surface area contributed by atoms with Crippen LogP contribution in [-0.2, 0) is 32.2 Å². The standard InChI is InChI=1S/C31H36N4O7S2/c1-19-12-13-26(29(39)32-19)35-16-24-23(30(35)40)10-7-11-25(24)33-31(41)42-18-21(3)44-43-20(2)14-27(36)34(17-28(37)38)15-22-8-5-4-6-9-22/h4-11,20-21,26H,1,12-18H2,2-3H3,(H,32,39)(H,33,41)(H,37,38)/t20-,21-,26?/m0/s1. The quantitative estimate of drug-likeness (QED) is 0.267. The van der Waals surface area contributed by atoms with Crippen molar-refractivity contribution >= 4 is 57.1 Å². The van der Waals surface area contributed by atoms with E-state index in [9.17, 15) is 29.1 Å². The number of nitrogens with zero attached hydrogens (tertiary/aromatic N) is 2. The summed E-state index contributed by atoms with van der Waals surface area (Å²) in [4.78, 5) is 65.3. The second-order valence-corrected chi connectivity index (χ2v) is 13.9. The van der Waals surface area contributed by atoms with E-state index < -0.39 is 18.1 Å². The van der Waals surface area contributed by atoms with Crippen molar-refractivity contribution in [3.8, 4) is 0 Å². The SMILES string of the molecule is C=C1CCC(N2Cc3c(NC(=O)OC[C@H](C)SS[C@@H](C)CC(=O)N(CC(=O)O)Cc4ccccc4)cccc3C2=O)C(=O)N1. The number of ether oxygens (including phenoxy) is 1. The third-order valence-electron chi connectivity index (χ3n) is 7.12. The predicted molar refractivity (Wildman–Crippen MR) is 170 cm³/mol. The van der Waals surface area contributed by atoms with Crippen LogP contribution in [0.5, 0.6) is 0 Å². The summed E-state index contributed by atoms with van der Waals surface area (Å²) < 4.78 is 5.43. The van der Waals surface area contributed by atoms with Gasteiger partial charge in [-0.25, -0.2) is 4.79 Å². The molecule has 1 fully saturated rings. The topological polar surface area (TPSA) is 145 Å². The molecule has 4 amide bonds. The summed E-state index contributed by atoms with van der Waals surface area (Å²) in [5, 5.41) is 14.5. The highest BCUT2D eigenvalue weighted by atomic mass is 33.1. The molecule has 2 aromatic carbocycles. The number of hydrogen-bond donors (Lipinski definition) is 3. The molecule has 13 heteroatoms. The molecule has 2 aliphatic heterocycles. The number of carboxylic acid groups (broad SMARTS) is 1. The van der Waals surface area contributed by atoms with E-state index in [0.717, 1.165) is 5.56 Å². The molecule has 44 heavy (non-hydrogen) atoms. The summed E-state index contributed by atoms with van der Waals surface area (Å²) >= 11 is 0. The maximum absolute atomic E-state index is 13.1. The van der Waals surface area contributed by atoms with Gasteiger partial charge in [-0.15, -0.1) is 0 Å². The summed E-state index contributed by atoms with van der Waals surface area (Å²) in [5.74, 6) is -1.84. The zero-order valence-electron chi connectivity index (χ0n) is 24.6. The number of benzene rings is 2. The summed E-state index contributed by atoms with van der Waals surface area (Å²) in [6.45, 7) is 7.73. The van der Waals surface area contributed by atoms with Crippen molar-refractivity contribution in [1.29, 1.82) is 0 Å². The van der Waals surface area contributed by atoms with Gasteiger partial charge in [-0.3, -0.25) is 24.5 Å². The van der Waals surface area contributed by atoms with Gasteiger partial charge in [0.25, 0.3) is 5.91 Å². The fourth-order valence-corrected chi connectivity index (χ4v) is 7.17. The third-order valence-corrected chi connectivity index (χ3v) is 10.5. The highest BCUT2D eigenvalue weighted by Crippen LogP contribution is 2.34. The second kappa shape index (κ2) is 15.2. The number of hydrogen-bond acceptors (Lipinski definition) is 8. The summed E-state index contributed by atoms with van der Waals surface area (Å²) in [6, 6.07) is 13.7. The molecule has 0 saturated carbocycles. The summed E-state index contributed by atoms with van der Waals surface area (Å²) in [6.07, 6.45) is 0.582. The van der Waals surface area contributed by atoms with Crippen molar-refractivity contribution < 1.29 is 33.8 Å². The maximum atomic E-state index is 13.1. The van der Waals surface area contributed by atoms with Crippen molar-refractivity contribution in [3.63, 3.8) is 0 Å². The fourth-order valence-electron chi connectivity index (χ4n) is 4.95. The van der Waals surface area contributed by atoms with Crippen LogP contribution in [0.2, 0.25) is 0 Å². The zero-order chi connectivity index (χ0) is 31.8. The number of allylic oxidation sites excluding steroid dienone is 1. The number of rotatable bonds is 13. The van der Waals surface area contributed by atoms with E-state index in [-0.39, 0.29) is 60.9 Å². The highest BCUT2D eigenvalue weighted by molar-refractivity contribution is 8.77. The van der Waals surface area contributed by atoms with Crippen molar-refractivity contribution in [2.75, 3.05) is 18.5 Å². The molecule has 0 bridgehead atoms. The van der Waals surface area contributed by atoms with Crippen molar-refractivity contribution in [3.05, 3.63) is 77.5 Å². The van der Waals surface area contributed by atoms with Crippen LogP contribution in [0, 0.1) is 0 Å². The Morgan fingerprint density at radius 2 is 1.84 bits per heavy atom. The molecule has 3 atom stereocenters. The lowest BCUT2D eigenvalue weighted by Gasteiger charge is -2.31. The fraction of sp³-hybridized carbons (Fsp3) is 0.387. The molecule has 4 rings (SSSR count). The monoisotopic (exact) mass is 640 g/mol. The summed E-state index contributed by atoms with van der Waals surface area (Å²) in [5.41, 5.74) is 3.01. The smallest absolute Gasteiger partial charge is 0.411 e. The Kier molecular flexibility index (Phi) is 11.3. The third kappa shape index (κ3) is 8.79. The van der Waals surface area contributed by atoms with Crippen LogP contribution >= 0.6 is 21.6 Å². The molecule has 234 valence electrons. The number of anilines is 1. The van der Waals surface area contributed by atoms with Gasteiger partial charge in [-0.1, -0.05) is 71.5 Å². The van der Waals surface area contributed by atoms with Crippen LogP contribution in [-0.4, -0.2) is 74.4 Å². The average molecular weight is 641 g/mol. The van der Waals surface area contributed by atoms with Gasteiger partial charge in [0.15, 0.2) is 0 Å². The Balaban J connectivity index is 1.23. The van der Waals surface area contributed by atoms with Gasteiger partial charge in [0.2, 0.25) is 11.8 Å². The maximum Gasteiger partial charge on any atom is 0.411 e.